The predicted molar refractivity (Wildman–Crippen MR) is 97.0 cm³/mol. The highest BCUT2D eigenvalue weighted by molar-refractivity contribution is 5.85. The molecule has 1 aliphatic heterocycles. The first-order chi connectivity index (χ1) is 12.6. The molecule has 0 unspecified atom stereocenters. The smallest absolute Gasteiger partial charge is 0.225 e. The average Bonchev–Trinajstić information content (AvgIpc) is 3.07. The van der Waals surface area contributed by atoms with Crippen LogP contribution in [-0.2, 0) is 23.1 Å². The van der Waals surface area contributed by atoms with Crippen LogP contribution in [0.3, 0.4) is 0 Å². The number of carbonyl (C=O) groups excluding carboxylic acids is 2. The van der Waals surface area contributed by atoms with Crippen molar-refractivity contribution in [2.75, 3.05) is 13.1 Å². The quantitative estimate of drug-likeness (QED) is 0.851. The Kier molecular flexibility index (Phi) is 5.65. The Balaban J connectivity index is 1.72. The normalized spacial score (nSPS) is 20.2. The number of nitrogens with zero attached hydrogens (tertiary/aromatic N) is 4. The van der Waals surface area contributed by atoms with Crippen LogP contribution in [0.1, 0.15) is 37.1 Å². The molecule has 0 spiro atoms. The van der Waals surface area contributed by atoms with Gasteiger partial charge in [0.25, 0.3) is 0 Å². The summed E-state index contributed by atoms with van der Waals surface area (Å²) in [5.41, 5.74) is 2.03. The number of likely N-dealkylation sites (tertiary alicyclic amines) is 1. The molecule has 138 valence electrons. The second-order valence-corrected chi connectivity index (χ2v) is 6.54. The number of hydrogen-bond donors (Lipinski definition) is 1. The minimum absolute atomic E-state index is 0.0000642. The molecule has 7 nitrogen and oxygen atoms in total. The number of piperidine rings is 1. The van der Waals surface area contributed by atoms with Crippen molar-refractivity contribution < 1.29 is 9.59 Å². The summed E-state index contributed by atoms with van der Waals surface area (Å²) in [5, 5.41) is 7.18. The van der Waals surface area contributed by atoms with Crippen molar-refractivity contribution in [2.24, 2.45) is 13.0 Å². The van der Waals surface area contributed by atoms with Crippen LogP contribution >= 0.6 is 0 Å². The second-order valence-electron chi connectivity index (χ2n) is 6.54. The minimum atomic E-state index is -0.249. The van der Waals surface area contributed by atoms with Gasteiger partial charge in [0.1, 0.15) is 0 Å². The lowest BCUT2D eigenvalue weighted by Gasteiger charge is -2.40. The Morgan fingerprint density at radius 3 is 2.69 bits per heavy atom. The lowest BCUT2D eigenvalue weighted by Crippen LogP contribution is -2.48. The Labute approximate surface area is 153 Å². The third-order valence-corrected chi connectivity index (χ3v) is 5.03. The zero-order chi connectivity index (χ0) is 18.5. The molecule has 0 saturated carbocycles. The van der Waals surface area contributed by atoms with Crippen molar-refractivity contribution in [3.63, 3.8) is 0 Å². The van der Waals surface area contributed by atoms with E-state index in [1.54, 1.807) is 18.6 Å². The molecule has 2 aromatic heterocycles. The van der Waals surface area contributed by atoms with E-state index in [0.29, 0.717) is 25.9 Å². The molecule has 2 amide bonds. The molecule has 7 heteroatoms. The molecule has 26 heavy (non-hydrogen) atoms. The van der Waals surface area contributed by atoms with E-state index in [2.05, 4.69) is 15.4 Å². The summed E-state index contributed by atoms with van der Waals surface area (Å²) in [6.45, 7) is 3.09. The fourth-order valence-electron chi connectivity index (χ4n) is 3.66. The van der Waals surface area contributed by atoms with E-state index in [1.807, 2.05) is 41.8 Å². The third-order valence-electron chi connectivity index (χ3n) is 5.03. The van der Waals surface area contributed by atoms with E-state index >= 15 is 0 Å². The van der Waals surface area contributed by atoms with Gasteiger partial charge in [0.15, 0.2) is 0 Å². The summed E-state index contributed by atoms with van der Waals surface area (Å²) < 4.78 is 1.81. The second kappa shape index (κ2) is 8.12. The standard InChI is InChI=1S/C19H25N5O2/c1-3-24-17(25)5-4-16(18(24)14-6-10-20-11-7-14)19(26)21-12-8-15-9-13-22-23(15)2/h6-7,9-11,13,16,18H,3-5,8,12H2,1-2H3,(H,21,26)/t16-,18+/m0/s1. The van der Waals surface area contributed by atoms with E-state index in [1.165, 1.54) is 0 Å². The van der Waals surface area contributed by atoms with Crippen molar-refractivity contribution in [1.29, 1.82) is 0 Å². The van der Waals surface area contributed by atoms with E-state index in [0.717, 1.165) is 17.7 Å². The molecule has 0 aromatic carbocycles. The highest BCUT2D eigenvalue weighted by Crippen LogP contribution is 2.36. The monoisotopic (exact) mass is 355 g/mol. The fourth-order valence-corrected chi connectivity index (χ4v) is 3.66. The SMILES string of the molecule is CCN1C(=O)CC[C@H](C(=O)NCCc2ccnn2C)[C@H]1c1ccncc1. The van der Waals surface area contributed by atoms with Crippen molar-refractivity contribution in [3.05, 3.63) is 48.0 Å². The molecule has 1 fully saturated rings. The lowest BCUT2D eigenvalue weighted by atomic mass is 9.84. The molecular weight excluding hydrogens is 330 g/mol. The number of aromatic nitrogens is 3. The van der Waals surface area contributed by atoms with Gasteiger partial charge in [0.05, 0.1) is 12.0 Å². The van der Waals surface area contributed by atoms with Gasteiger partial charge in [-0.15, -0.1) is 0 Å². The Hall–Kier alpha value is -2.70. The highest BCUT2D eigenvalue weighted by atomic mass is 16.2. The predicted octanol–water partition coefficient (Wildman–Crippen LogP) is 1.47. The Bertz CT molecular complexity index is 758. The Morgan fingerprint density at radius 2 is 2.04 bits per heavy atom. The average molecular weight is 355 g/mol. The van der Waals surface area contributed by atoms with Crippen LogP contribution in [0.4, 0.5) is 0 Å². The number of hydrogen-bond acceptors (Lipinski definition) is 4. The van der Waals surface area contributed by atoms with Gasteiger partial charge in [0, 0.05) is 57.3 Å². The maximum absolute atomic E-state index is 12.9. The number of rotatable bonds is 6. The number of carbonyl (C=O) groups is 2. The van der Waals surface area contributed by atoms with Crippen LogP contribution in [-0.4, -0.2) is 44.6 Å². The third kappa shape index (κ3) is 3.76. The van der Waals surface area contributed by atoms with Gasteiger partial charge in [-0.3, -0.25) is 19.3 Å². The molecule has 3 heterocycles. The topological polar surface area (TPSA) is 80.1 Å². The van der Waals surface area contributed by atoms with Gasteiger partial charge in [-0.25, -0.2) is 0 Å². The molecule has 1 aliphatic rings. The van der Waals surface area contributed by atoms with Crippen LogP contribution in [0, 0.1) is 5.92 Å². The van der Waals surface area contributed by atoms with Crippen molar-refractivity contribution in [2.45, 2.75) is 32.2 Å². The fraction of sp³-hybridized carbons (Fsp3) is 0.474. The summed E-state index contributed by atoms with van der Waals surface area (Å²) in [6.07, 6.45) is 6.88. The summed E-state index contributed by atoms with van der Waals surface area (Å²) in [5.74, 6) is -0.144. The summed E-state index contributed by atoms with van der Waals surface area (Å²) in [7, 11) is 1.89. The zero-order valence-corrected chi connectivity index (χ0v) is 15.3. The van der Waals surface area contributed by atoms with Crippen LogP contribution in [0.5, 0.6) is 0 Å². The van der Waals surface area contributed by atoms with Crippen LogP contribution in [0.15, 0.2) is 36.8 Å². The molecular formula is C19H25N5O2. The van der Waals surface area contributed by atoms with Crippen LogP contribution in [0.25, 0.3) is 0 Å². The molecule has 0 bridgehead atoms. The number of nitrogens with one attached hydrogen (secondary N) is 1. The first kappa shape index (κ1) is 18.1. The molecule has 3 rings (SSSR count). The van der Waals surface area contributed by atoms with Crippen molar-refractivity contribution in [3.8, 4) is 0 Å². The van der Waals surface area contributed by atoms with Gasteiger partial charge in [-0.1, -0.05) is 0 Å². The van der Waals surface area contributed by atoms with Gasteiger partial charge >= 0.3 is 0 Å². The molecule has 2 atom stereocenters. The molecule has 1 saturated heterocycles. The van der Waals surface area contributed by atoms with Crippen LogP contribution < -0.4 is 5.32 Å². The largest absolute Gasteiger partial charge is 0.355 e. The molecule has 1 N–H and O–H groups in total. The molecule has 2 aromatic rings. The van der Waals surface area contributed by atoms with Gasteiger partial charge in [0.2, 0.25) is 11.8 Å². The first-order valence-corrected chi connectivity index (χ1v) is 9.05. The number of pyridine rings is 1. The van der Waals surface area contributed by atoms with E-state index in [4.69, 9.17) is 0 Å². The van der Waals surface area contributed by atoms with E-state index in [9.17, 15) is 9.59 Å². The van der Waals surface area contributed by atoms with Gasteiger partial charge in [-0.2, -0.15) is 5.10 Å². The number of amides is 2. The van der Waals surface area contributed by atoms with Crippen molar-refractivity contribution >= 4 is 11.8 Å². The van der Waals surface area contributed by atoms with Gasteiger partial charge < -0.3 is 10.2 Å². The summed E-state index contributed by atoms with van der Waals surface area (Å²) >= 11 is 0. The highest BCUT2D eigenvalue weighted by Gasteiger charge is 2.39. The minimum Gasteiger partial charge on any atom is -0.355 e. The van der Waals surface area contributed by atoms with E-state index < -0.39 is 0 Å². The van der Waals surface area contributed by atoms with Crippen molar-refractivity contribution in [1.82, 2.24) is 25.0 Å². The Morgan fingerprint density at radius 1 is 1.27 bits per heavy atom. The molecule has 0 aliphatic carbocycles. The summed E-state index contributed by atoms with van der Waals surface area (Å²) in [6, 6.07) is 5.49. The van der Waals surface area contributed by atoms with Crippen LogP contribution in [0.2, 0.25) is 0 Å². The maximum atomic E-state index is 12.9. The van der Waals surface area contributed by atoms with E-state index in [-0.39, 0.29) is 23.8 Å². The number of aryl methyl sites for hydroxylation is 1. The maximum Gasteiger partial charge on any atom is 0.225 e. The molecule has 0 radical (unpaired) electrons. The van der Waals surface area contributed by atoms with Gasteiger partial charge in [-0.05, 0) is 37.1 Å². The zero-order valence-electron chi connectivity index (χ0n) is 15.3. The first-order valence-electron chi connectivity index (χ1n) is 9.05. The lowest BCUT2D eigenvalue weighted by molar-refractivity contribution is -0.143. The summed E-state index contributed by atoms with van der Waals surface area (Å²) in [4.78, 5) is 31.1.